The predicted molar refractivity (Wildman–Crippen MR) is 211 cm³/mol. The quantitative estimate of drug-likeness (QED) is 0.170. The molecule has 0 saturated carbocycles. The second-order valence-electron chi connectivity index (χ2n) is 15.4. The first-order chi connectivity index (χ1) is 23.7. The van der Waals surface area contributed by atoms with Crippen LogP contribution in [-0.2, 0) is 10.8 Å². The van der Waals surface area contributed by atoms with E-state index in [1.807, 2.05) is 0 Å². The van der Waals surface area contributed by atoms with Crippen molar-refractivity contribution in [2.45, 2.75) is 97.3 Å². The molecular formula is C46H53ClN2+2. The van der Waals surface area contributed by atoms with E-state index in [1.165, 1.54) is 90.8 Å². The Morgan fingerprint density at radius 3 is 2.12 bits per heavy atom. The number of allylic oxidation sites excluding steroid dienone is 8. The van der Waals surface area contributed by atoms with Gasteiger partial charge >= 0.3 is 0 Å². The molecule has 0 spiro atoms. The van der Waals surface area contributed by atoms with Gasteiger partial charge in [0.15, 0.2) is 5.71 Å². The minimum absolute atomic E-state index is 0.0737. The summed E-state index contributed by atoms with van der Waals surface area (Å²) in [7, 11) is 0. The maximum Gasteiger partial charge on any atom is 0.210 e. The summed E-state index contributed by atoms with van der Waals surface area (Å²) in [4.78, 5) is 1.51. The van der Waals surface area contributed by atoms with E-state index in [2.05, 4.69) is 143 Å². The van der Waals surface area contributed by atoms with Crippen LogP contribution < -0.4 is 4.90 Å². The van der Waals surface area contributed by atoms with Crippen LogP contribution in [0.4, 0.5) is 11.4 Å². The molecule has 0 amide bonds. The van der Waals surface area contributed by atoms with E-state index in [1.54, 1.807) is 0 Å². The van der Waals surface area contributed by atoms with Crippen molar-refractivity contribution in [1.82, 2.24) is 0 Å². The fraction of sp³-hybridized carbons (Fsp3) is 0.370. The first-order valence-electron chi connectivity index (χ1n) is 18.7. The lowest BCUT2D eigenvalue weighted by Crippen LogP contribution is -3.04. The number of nitrogens with one attached hydrogen (secondary N) is 1. The summed E-state index contributed by atoms with van der Waals surface area (Å²) in [5, 5.41) is 6.32. The van der Waals surface area contributed by atoms with Crippen LogP contribution in [0.1, 0.15) is 97.6 Å². The largest absolute Gasteiger partial charge is 0.273 e. The molecule has 0 bridgehead atoms. The topological polar surface area (TPSA) is 7.45 Å². The van der Waals surface area contributed by atoms with Crippen molar-refractivity contribution in [2.24, 2.45) is 0 Å². The molecule has 3 heteroatoms. The second-order valence-corrected chi connectivity index (χ2v) is 15.8. The molecule has 2 aliphatic heterocycles. The third kappa shape index (κ3) is 5.85. The normalized spacial score (nSPS) is 21.6. The summed E-state index contributed by atoms with van der Waals surface area (Å²) in [6.45, 7) is 16.3. The molecule has 2 nitrogen and oxygen atoms in total. The van der Waals surface area contributed by atoms with Crippen molar-refractivity contribution in [2.75, 3.05) is 13.1 Å². The minimum Gasteiger partial charge on any atom is -0.273 e. The van der Waals surface area contributed by atoms with Gasteiger partial charge in [-0.3, -0.25) is 4.90 Å². The van der Waals surface area contributed by atoms with Crippen molar-refractivity contribution in [3.8, 4) is 0 Å². The minimum atomic E-state index is -0.108. The Labute approximate surface area is 299 Å². The maximum absolute atomic E-state index is 7.34. The summed E-state index contributed by atoms with van der Waals surface area (Å²) in [5.41, 5.74) is 10.9. The van der Waals surface area contributed by atoms with Gasteiger partial charge < -0.3 is 0 Å². The molecule has 1 aliphatic carbocycles. The van der Waals surface area contributed by atoms with Crippen molar-refractivity contribution in [1.29, 1.82) is 0 Å². The first kappa shape index (κ1) is 33.8. The third-order valence-electron chi connectivity index (χ3n) is 11.5. The zero-order valence-corrected chi connectivity index (χ0v) is 31.2. The number of hydrogen-bond donors (Lipinski definition) is 1. The SMILES string of the molecule is CCCC[N+]1=C(/C=C/C2=C(Cl)C(=C/C=C3/[NH+](CCCC)c4ccc5ccccc5c4C3(C)C)/CCC2)C(C)(C)c2c1ccc1ccccc21. The number of halogens is 1. The zero-order chi connectivity index (χ0) is 34.3. The molecule has 0 saturated heterocycles. The molecular weight excluding hydrogens is 616 g/mol. The maximum atomic E-state index is 7.34. The molecule has 4 aromatic rings. The van der Waals surface area contributed by atoms with E-state index in [-0.39, 0.29) is 10.8 Å². The highest BCUT2D eigenvalue weighted by atomic mass is 35.5. The molecule has 1 atom stereocenters. The Bertz CT molecular complexity index is 2080. The van der Waals surface area contributed by atoms with Crippen LogP contribution in [0.3, 0.4) is 0 Å². The Balaban J connectivity index is 1.26. The van der Waals surface area contributed by atoms with Gasteiger partial charge in [-0.1, -0.05) is 99.0 Å². The summed E-state index contributed by atoms with van der Waals surface area (Å²) in [6.07, 6.45) is 17.4. The Kier molecular flexibility index (Phi) is 9.33. The Morgan fingerprint density at radius 2 is 1.41 bits per heavy atom. The van der Waals surface area contributed by atoms with E-state index in [4.69, 9.17) is 11.6 Å². The Hall–Kier alpha value is -3.72. The molecule has 1 N–H and O–H groups in total. The second kappa shape index (κ2) is 13.5. The van der Waals surface area contributed by atoms with Crippen molar-refractivity contribution in [3.05, 3.63) is 130 Å². The van der Waals surface area contributed by atoms with E-state index < -0.39 is 0 Å². The van der Waals surface area contributed by atoms with Gasteiger partial charge in [0, 0.05) is 40.8 Å². The van der Waals surface area contributed by atoms with Crippen LogP contribution in [0.2, 0.25) is 0 Å². The van der Waals surface area contributed by atoms with Crippen molar-refractivity contribution >= 4 is 50.2 Å². The van der Waals surface area contributed by atoms with Crippen molar-refractivity contribution < 1.29 is 9.48 Å². The average Bonchev–Trinajstić information content (AvgIpc) is 3.46. The third-order valence-corrected chi connectivity index (χ3v) is 12.0. The predicted octanol–water partition coefficient (Wildman–Crippen LogP) is 11.5. The average molecular weight is 669 g/mol. The van der Waals surface area contributed by atoms with Gasteiger partial charge in [-0.2, -0.15) is 4.58 Å². The van der Waals surface area contributed by atoms with Crippen LogP contribution in [-0.4, -0.2) is 23.4 Å². The highest BCUT2D eigenvalue weighted by Gasteiger charge is 2.47. The van der Waals surface area contributed by atoms with Gasteiger partial charge in [0.1, 0.15) is 17.9 Å². The van der Waals surface area contributed by atoms with Crippen LogP contribution in [0.5, 0.6) is 0 Å². The van der Waals surface area contributed by atoms with Gasteiger partial charge in [0.2, 0.25) is 5.69 Å². The first-order valence-corrected chi connectivity index (χ1v) is 19.1. The molecule has 252 valence electrons. The molecule has 2 heterocycles. The van der Waals surface area contributed by atoms with E-state index in [9.17, 15) is 0 Å². The van der Waals surface area contributed by atoms with E-state index in [0.29, 0.717) is 0 Å². The Morgan fingerprint density at radius 1 is 0.735 bits per heavy atom. The zero-order valence-electron chi connectivity index (χ0n) is 30.4. The van der Waals surface area contributed by atoms with Crippen molar-refractivity contribution in [3.63, 3.8) is 0 Å². The summed E-state index contributed by atoms with van der Waals surface area (Å²) in [5.74, 6) is 0. The van der Waals surface area contributed by atoms with Gasteiger partial charge in [-0.25, -0.2) is 0 Å². The summed E-state index contributed by atoms with van der Waals surface area (Å²) in [6, 6.07) is 27.1. The summed E-state index contributed by atoms with van der Waals surface area (Å²) < 4.78 is 2.58. The lowest BCUT2D eigenvalue weighted by Gasteiger charge is -2.22. The summed E-state index contributed by atoms with van der Waals surface area (Å²) >= 11 is 7.34. The highest BCUT2D eigenvalue weighted by molar-refractivity contribution is 6.32. The smallest absolute Gasteiger partial charge is 0.210 e. The molecule has 3 aliphatic rings. The molecule has 0 radical (unpaired) electrons. The standard InChI is InChI=1S/C46H52ClN2/c1-7-9-30-48-38-26-22-32-16-11-13-20-36(32)42(38)45(3,4)40(48)28-24-34-18-15-19-35(44(34)47)25-29-41-46(5,6)43-37-21-14-12-17-33(37)23-27-39(43)49(41)31-10-8-2/h11-14,16-17,20-29H,7-10,15,18-19,30-31H2,1-6H3/q+1/p+1. The lowest BCUT2D eigenvalue weighted by molar-refractivity contribution is -0.789. The monoisotopic (exact) mass is 668 g/mol. The highest BCUT2D eigenvalue weighted by Crippen LogP contribution is 2.46. The van der Waals surface area contributed by atoms with Gasteiger partial charge in [0.05, 0.1) is 17.4 Å². The van der Waals surface area contributed by atoms with Gasteiger partial charge in [0.25, 0.3) is 0 Å². The van der Waals surface area contributed by atoms with Crippen LogP contribution in [0.25, 0.3) is 21.5 Å². The molecule has 4 aromatic carbocycles. The van der Waals surface area contributed by atoms with Crippen LogP contribution >= 0.6 is 11.6 Å². The van der Waals surface area contributed by atoms with Gasteiger partial charge in [-0.05, 0) is 104 Å². The number of fused-ring (bicyclic) bond motifs is 6. The number of benzene rings is 4. The fourth-order valence-electron chi connectivity index (χ4n) is 8.95. The number of nitrogens with zero attached hydrogens (tertiary/aromatic N) is 1. The van der Waals surface area contributed by atoms with Crippen LogP contribution in [0, 0.1) is 0 Å². The number of quaternary nitrogens is 1. The molecule has 7 rings (SSSR count). The molecule has 49 heavy (non-hydrogen) atoms. The van der Waals surface area contributed by atoms with Crippen LogP contribution in [0.15, 0.2) is 119 Å². The number of hydrogen-bond acceptors (Lipinski definition) is 0. The number of rotatable bonds is 9. The fourth-order valence-corrected chi connectivity index (χ4v) is 9.26. The van der Waals surface area contributed by atoms with Gasteiger partial charge in [-0.15, -0.1) is 0 Å². The number of unbranched alkanes of at least 4 members (excludes halogenated alkanes) is 2. The molecule has 0 fully saturated rings. The lowest BCUT2D eigenvalue weighted by atomic mass is 9.78. The van der Waals surface area contributed by atoms with E-state index >= 15 is 0 Å². The molecule has 1 unspecified atom stereocenters. The van der Waals surface area contributed by atoms with E-state index in [0.717, 1.165) is 43.8 Å². The molecule has 0 aromatic heterocycles.